The van der Waals surface area contributed by atoms with Crippen LogP contribution in [0.4, 0.5) is 0 Å². The highest BCUT2D eigenvalue weighted by atomic mass is 35.5. The Morgan fingerprint density at radius 3 is 2.86 bits per heavy atom. The van der Waals surface area contributed by atoms with Gasteiger partial charge >= 0.3 is 0 Å². The van der Waals surface area contributed by atoms with Crippen LogP contribution in [0.2, 0.25) is 5.02 Å². The Bertz CT molecular complexity index is 575. The van der Waals surface area contributed by atoms with Crippen LogP contribution in [0, 0.1) is 0 Å². The number of likely N-dealkylation sites (N-methyl/N-ethyl adjacent to an activating group) is 1. The summed E-state index contributed by atoms with van der Waals surface area (Å²) < 4.78 is 0. The minimum absolute atomic E-state index is 0.518. The topological polar surface area (TPSA) is 12.0 Å². The zero-order chi connectivity index (χ0) is 14.7. The number of thiophene rings is 1. The molecule has 1 aromatic carbocycles. The molecule has 1 nitrogen and oxygen atoms in total. The quantitative estimate of drug-likeness (QED) is 0.814. The van der Waals surface area contributed by atoms with Crippen LogP contribution in [0.3, 0.4) is 0 Å². The summed E-state index contributed by atoms with van der Waals surface area (Å²) in [5.74, 6) is 0.649. The van der Waals surface area contributed by atoms with Crippen molar-refractivity contribution >= 4 is 22.9 Å². The number of aryl methyl sites for hydroxylation is 1. The van der Waals surface area contributed by atoms with Gasteiger partial charge in [-0.3, -0.25) is 0 Å². The average Bonchev–Trinajstić information content (AvgIpc) is 2.97. The van der Waals surface area contributed by atoms with E-state index < -0.39 is 0 Å². The zero-order valence-electron chi connectivity index (χ0n) is 12.4. The van der Waals surface area contributed by atoms with Crippen molar-refractivity contribution in [2.45, 2.75) is 44.6 Å². The standard InChI is InChI=1S/C18H22ClNS/c1-2-20-17(12-13-6-8-14(19)9-7-13)15-4-3-5-18-16(15)10-11-21-18/h6-11,15,17,20H,2-5,12H2,1H3. The molecular formula is C18H22ClNS. The first-order chi connectivity index (χ1) is 10.3. The first-order valence-electron chi connectivity index (χ1n) is 7.82. The summed E-state index contributed by atoms with van der Waals surface area (Å²) in [6.07, 6.45) is 4.96. The Kier molecular flexibility index (Phi) is 4.99. The van der Waals surface area contributed by atoms with Crippen molar-refractivity contribution in [3.8, 4) is 0 Å². The number of benzene rings is 1. The molecule has 21 heavy (non-hydrogen) atoms. The molecule has 112 valence electrons. The first kappa shape index (κ1) is 15.1. The maximum atomic E-state index is 6.00. The normalized spacial score (nSPS) is 19.2. The fourth-order valence-electron chi connectivity index (χ4n) is 3.43. The minimum Gasteiger partial charge on any atom is -0.313 e. The van der Waals surface area contributed by atoms with Gasteiger partial charge in [-0.1, -0.05) is 30.7 Å². The van der Waals surface area contributed by atoms with E-state index in [1.807, 2.05) is 23.5 Å². The fraction of sp³-hybridized carbons (Fsp3) is 0.444. The highest BCUT2D eigenvalue weighted by molar-refractivity contribution is 7.10. The Hall–Kier alpha value is -0.830. The molecule has 3 rings (SSSR count). The lowest BCUT2D eigenvalue weighted by Crippen LogP contribution is -2.37. The molecule has 1 aliphatic rings. The van der Waals surface area contributed by atoms with Crippen molar-refractivity contribution in [3.05, 3.63) is 56.7 Å². The van der Waals surface area contributed by atoms with E-state index in [2.05, 4.69) is 35.8 Å². The van der Waals surface area contributed by atoms with Crippen molar-refractivity contribution in [3.63, 3.8) is 0 Å². The van der Waals surface area contributed by atoms with Crippen LogP contribution in [-0.2, 0) is 12.8 Å². The van der Waals surface area contributed by atoms with E-state index in [4.69, 9.17) is 11.6 Å². The zero-order valence-corrected chi connectivity index (χ0v) is 14.0. The van der Waals surface area contributed by atoms with E-state index in [0.717, 1.165) is 18.0 Å². The fourth-order valence-corrected chi connectivity index (χ4v) is 4.56. The monoisotopic (exact) mass is 319 g/mol. The molecule has 2 atom stereocenters. The van der Waals surface area contributed by atoms with Crippen LogP contribution >= 0.6 is 22.9 Å². The SMILES string of the molecule is CCNC(Cc1ccc(Cl)cc1)C1CCCc2sccc21. The second-order valence-corrected chi connectivity index (χ2v) is 7.23. The van der Waals surface area contributed by atoms with Gasteiger partial charge in [0.15, 0.2) is 0 Å². The maximum absolute atomic E-state index is 6.00. The van der Waals surface area contributed by atoms with Crippen LogP contribution in [0.1, 0.15) is 41.7 Å². The van der Waals surface area contributed by atoms with E-state index in [0.29, 0.717) is 12.0 Å². The maximum Gasteiger partial charge on any atom is 0.0406 e. The lowest BCUT2D eigenvalue weighted by molar-refractivity contribution is 0.398. The number of nitrogens with one attached hydrogen (secondary N) is 1. The molecule has 1 N–H and O–H groups in total. The number of rotatable bonds is 5. The van der Waals surface area contributed by atoms with Crippen LogP contribution in [0.5, 0.6) is 0 Å². The van der Waals surface area contributed by atoms with Gasteiger partial charge in [0.2, 0.25) is 0 Å². The Balaban J connectivity index is 1.80. The number of hydrogen-bond donors (Lipinski definition) is 1. The summed E-state index contributed by atoms with van der Waals surface area (Å²) in [6, 6.07) is 11.2. The minimum atomic E-state index is 0.518. The van der Waals surface area contributed by atoms with E-state index >= 15 is 0 Å². The van der Waals surface area contributed by atoms with E-state index in [1.165, 1.54) is 24.8 Å². The van der Waals surface area contributed by atoms with Crippen molar-refractivity contribution in [2.75, 3.05) is 6.54 Å². The molecule has 0 saturated carbocycles. The van der Waals surface area contributed by atoms with E-state index in [9.17, 15) is 0 Å². The van der Waals surface area contributed by atoms with Gasteiger partial charge < -0.3 is 5.32 Å². The van der Waals surface area contributed by atoms with Gasteiger partial charge in [-0.25, -0.2) is 0 Å². The molecule has 0 aliphatic heterocycles. The third kappa shape index (κ3) is 3.50. The number of halogens is 1. The van der Waals surface area contributed by atoms with Gasteiger partial charge in [-0.2, -0.15) is 0 Å². The van der Waals surface area contributed by atoms with Gasteiger partial charge in [-0.15, -0.1) is 11.3 Å². The lowest BCUT2D eigenvalue weighted by atomic mass is 9.80. The second-order valence-electron chi connectivity index (χ2n) is 5.79. The van der Waals surface area contributed by atoms with Gasteiger partial charge in [0.1, 0.15) is 0 Å². The van der Waals surface area contributed by atoms with Gasteiger partial charge in [0.05, 0.1) is 0 Å². The largest absolute Gasteiger partial charge is 0.313 e. The number of hydrogen-bond acceptors (Lipinski definition) is 2. The highest BCUT2D eigenvalue weighted by Gasteiger charge is 2.28. The highest BCUT2D eigenvalue weighted by Crippen LogP contribution is 2.37. The molecule has 0 fully saturated rings. The molecule has 0 bridgehead atoms. The van der Waals surface area contributed by atoms with Crippen molar-refractivity contribution in [1.29, 1.82) is 0 Å². The van der Waals surface area contributed by atoms with E-state index in [1.54, 1.807) is 10.4 Å². The molecule has 0 amide bonds. The second kappa shape index (κ2) is 6.95. The summed E-state index contributed by atoms with van der Waals surface area (Å²) in [5.41, 5.74) is 2.96. The van der Waals surface area contributed by atoms with Crippen LogP contribution in [0.15, 0.2) is 35.7 Å². The molecular weight excluding hydrogens is 298 g/mol. The molecule has 0 radical (unpaired) electrons. The molecule has 0 spiro atoms. The molecule has 2 unspecified atom stereocenters. The van der Waals surface area contributed by atoms with Gasteiger partial charge in [0, 0.05) is 21.9 Å². The van der Waals surface area contributed by atoms with Crippen LogP contribution < -0.4 is 5.32 Å². The van der Waals surface area contributed by atoms with Gasteiger partial charge in [0.25, 0.3) is 0 Å². The van der Waals surface area contributed by atoms with Crippen molar-refractivity contribution in [1.82, 2.24) is 5.32 Å². The molecule has 1 aromatic heterocycles. The third-order valence-electron chi connectivity index (χ3n) is 4.42. The lowest BCUT2D eigenvalue weighted by Gasteiger charge is -2.31. The van der Waals surface area contributed by atoms with Crippen molar-refractivity contribution in [2.24, 2.45) is 0 Å². The summed E-state index contributed by atoms with van der Waals surface area (Å²) in [4.78, 5) is 1.60. The van der Waals surface area contributed by atoms with E-state index in [-0.39, 0.29) is 0 Å². The predicted octanol–water partition coefficient (Wildman–Crippen LogP) is 5.04. The molecule has 0 saturated heterocycles. The molecule has 1 aliphatic carbocycles. The smallest absolute Gasteiger partial charge is 0.0406 e. The Morgan fingerprint density at radius 2 is 2.10 bits per heavy atom. The summed E-state index contributed by atoms with van der Waals surface area (Å²) in [7, 11) is 0. The summed E-state index contributed by atoms with van der Waals surface area (Å²) in [6.45, 7) is 3.22. The third-order valence-corrected chi connectivity index (χ3v) is 5.67. The van der Waals surface area contributed by atoms with Crippen LogP contribution in [0.25, 0.3) is 0 Å². The van der Waals surface area contributed by atoms with Crippen molar-refractivity contribution < 1.29 is 0 Å². The molecule has 3 heteroatoms. The Labute approximate surface area is 136 Å². The average molecular weight is 320 g/mol. The Morgan fingerprint density at radius 1 is 1.29 bits per heavy atom. The molecule has 2 aromatic rings. The number of fused-ring (bicyclic) bond motifs is 1. The van der Waals surface area contributed by atoms with Gasteiger partial charge in [-0.05, 0) is 66.9 Å². The molecule has 1 heterocycles. The van der Waals surface area contributed by atoms with Crippen LogP contribution in [-0.4, -0.2) is 12.6 Å². The first-order valence-corrected chi connectivity index (χ1v) is 9.07. The summed E-state index contributed by atoms with van der Waals surface area (Å²) >= 11 is 7.92. The summed E-state index contributed by atoms with van der Waals surface area (Å²) in [5, 5.41) is 6.79. The predicted molar refractivity (Wildman–Crippen MR) is 92.6 cm³/mol.